The summed E-state index contributed by atoms with van der Waals surface area (Å²) in [5.74, 6) is -1.41. The number of benzene rings is 1. The number of piperazine rings is 1. The molecule has 1 aliphatic rings. The van der Waals surface area contributed by atoms with Gasteiger partial charge in [-0.1, -0.05) is 0 Å². The van der Waals surface area contributed by atoms with Crippen LogP contribution < -0.4 is 15.5 Å². The third kappa shape index (κ3) is 5.94. The van der Waals surface area contributed by atoms with Crippen molar-refractivity contribution in [3.05, 3.63) is 29.8 Å². The van der Waals surface area contributed by atoms with Crippen LogP contribution in [-0.4, -0.2) is 55.2 Å². The first-order valence-corrected chi connectivity index (χ1v) is 8.26. The molecule has 1 aromatic rings. The topological polar surface area (TPSA) is 81.8 Å². The molecule has 1 aromatic carbocycles. The van der Waals surface area contributed by atoms with Crippen LogP contribution in [0.2, 0.25) is 0 Å². The summed E-state index contributed by atoms with van der Waals surface area (Å²) in [6, 6.07) is 2.68. The van der Waals surface area contributed by atoms with Gasteiger partial charge < -0.3 is 15.1 Å². The Hall–Kier alpha value is -2.28. The third-order valence-electron chi connectivity index (χ3n) is 3.71. The summed E-state index contributed by atoms with van der Waals surface area (Å²) in [6.45, 7) is 1.88. The molecule has 2 rings (SSSR count). The second-order valence-electron chi connectivity index (χ2n) is 5.49. The number of hydrogen-bond acceptors (Lipinski definition) is 4. The number of carbonyl (C=O) groups is 3. The summed E-state index contributed by atoms with van der Waals surface area (Å²) in [6.07, 6.45) is 0.104. The maximum absolute atomic E-state index is 13.3. The minimum absolute atomic E-state index is 0.104. The van der Waals surface area contributed by atoms with Crippen molar-refractivity contribution in [3.63, 3.8) is 0 Å². The molecule has 7 nitrogen and oxygen atoms in total. The molecule has 4 amide bonds. The van der Waals surface area contributed by atoms with Gasteiger partial charge >= 0.3 is 6.03 Å². The zero-order valence-electron chi connectivity index (χ0n) is 13.4. The highest BCUT2D eigenvalue weighted by atomic mass is 31.0. The number of rotatable bonds is 4. The third-order valence-corrected chi connectivity index (χ3v) is 3.85. The van der Waals surface area contributed by atoms with Crippen molar-refractivity contribution in [1.82, 2.24) is 15.5 Å². The van der Waals surface area contributed by atoms with Crippen LogP contribution >= 0.6 is 9.24 Å². The fourth-order valence-electron chi connectivity index (χ4n) is 2.53. The minimum Gasteiger partial charge on any atom is -0.368 e. The Morgan fingerprint density at radius 3 is 2.20 bits per heavy atom. The van der Waals surface area contributed by atoms with Crippen molar-refractivity contribution in [3.8, 4) is 0 Å². The van der Waals surface area contributed by atoms with Crippen LogP contribution in [0.5, 0.6) is 0 Å². The fourth-order valence-corrected chi connectivity index (χ4v) is 2.66. The number of urea groups is 1. The average molecular weight is 372 g/mol. The molecule has 0 bridgehead atoms. The van der Waals surface area contributed by atoms with Crippen LogP contribution in [0.1, 0.15) is 6.42 Å². The van der Waals surface area contributed by atoms with E-state index >= 15 is 0 Å². The molecular formula is C15H19F2N4O3P. The largest absolute Gasteiger partial charge is 0.368 e. The van der Waals surface area contributed by atoms with Gasteiger partial charge in [0.15, 0.2) is 0 Å². The average Bonchev–Trinajstić information content (AvgIpc) is 2.53. The van der Waals surface area contributed by atoms with Crippen LogP contribution in [0.15, 0.2) is 18.2 Å². The lowest BCUT2D eigenvalue weighted by molar-refractivity contribution is -0.131. The molecule has 0 saturated carbocycles. The predicted octanol–water partition coefficient (Wildman–Crippen LogP) is 1.30. The molecule has 1 atom stereocenters. The first-order valence-electron chi connectivity index (χ1n) is 7.68. The van der Waals surface area contributed by atoms with E-state index in [0.29, 0.717) is 31.9 Å². The van der Waals surface area contributed by atoms with E-state index in [1.54, 1.807) is 4.90 Å². The van der Waals surface area contributed by atoms with Crippen molar-refractivity contribution in [2.75, 3.05) is 37.6 Å². The molecule has 1 unspecified atom stereocenters. The summed E-state index contributed by atoms with van der Waals surface area (Å²) in [5, 5.41) is 4.42. The molecular weight excluding hydrogens is 353 g/mol. The zero-order chi connectivity index (χ0) is 18.4. The highest BCUT2D eigenvalue weighted by Gasteiger charge is 2.21. The summed E-state index contributed by atoms with van der Waals surface area (Å²) < 4.78 is 26.6. The zero-order valence-corrected chi connectivity index (χ0v) is 14.6. The van der Waals surface area contributed by atoms with Gasteiger partial charge in [-0.05, 0) is 21.4 Å². The summed E-state index contributed by atoms with van der Waals surface area (Å²) in [4.78, 5) is 37.4. The van der Waals surface area contributed by atoms with E-state index in [1.165, 1.54) is 12.1 Å². The molecule has 1 fully saturated rings. The van der Waals surface area contributed by atoms with E-state index in [0.717, 1.165) is 6.07 Å². The Bertz CT molecular complexity index is 646. The van der Waals surface area contributed by atoms with Crippen LogP contribution in [0, 0.1) is 11.6 Å². The number of amides is 4. The van der Waals surface area contributed by atoms with Gasteiger partial charge in [-0.25, -0.2) is 13.6 Å². The van der Waals surface area contributed by atoms with E-state index < -0.39 is 23.3 Å². The normalized spacial score (nSPS) is 14.2. The first-order chi connectivity index (χ1) is 11.8. The number of halogens is 2. The molecule has 10 heteroatoms. The van der Waals surface area contributed by atoms with Gasteiger partial charge in [-0.15, -0.1) is 0 Å². The summed E-state index contributed by atoms with van der Waals surface area (Å²) in [5.41, 5.74) is -0.112. The van der Waals surface area contributed by atoms with Gasteiger partial charge in [0, 0.05) is 50.9 Å². The van der Waals surface area contributed by atoms with Crippen molar-refractivity contribution in [2.45, 2.75) is 6.42 Å². The van der Waals surface area contributed by atoms with Crippen molar-refractivity contribution >= 4 is 32.5 Å². The molecule has 0 spiro atoms. The second kappa shape index (κ2) is 8.71. The van der Waals surface area contributed by atoms with Crippen molar-refractivity contribution in [2.24, 2.45) is 0 Å². The first kappa shape index (κ1) is 19.1. The monoisotopic (exact) mass is 372 g/mol. The number of nitrogens with one attached hydrogen (secondary N) is 2. The predicted molar refractivity (Wildman–Crippen MR) is 91.4 cm³/mol. The number of anilines is 1. The number of carbonyl (C=O) groups excluding carboxylic acids is 3. The number of imide groups is 1. The van der Waals surface area contributed by atoms with Gasteiger partial charge in [0.05, 0.1) is 0 Å². The maximum Gasteiger partial charge on any atom is 0.321 e. The Balaban J connectivity index is 1.76. The molecule has 0 aliphatic carbocycles. The summed E-state index contributed by atoms with van der Waals surface area (Å²) >= 11 is 0. The van der Waals surface area contributed by atoms with Gasteiger partial charge in [-0.3, -0.25) is 14.9 Å². The van der Waals surface area contributed by atoms with Crippen molar-refractivity contribution in [1.29, 1.82) is 0 Å². The van der Waals surface area contributed by atoms with Gasteiger partial charge in [-0.2, -0.15) is 0 Å². The van der Waals surface area contributed by atoms with E-state index in [1.807, 2.05) is 19.5 Å². The summed E-state index contributed by atoms with van der Waals surface area (Å²) in [7, 11) is 1.81. The minimum atomic E-state index is -0.661. The van der Waals surface area contributed by atoms with Gasteiger partial charge in [0.2, 0.25) is 11.6 Å². The fraction of sp³-hybridized carbons (Fsp3) is 0.400. The number of nitrogens with zero attached hydrogens (tertiary/aromatic N) is 2. The molecule has 136 valence electrons. The maximum atomic E-state index is 13.3. The van der Waals surface area contributed by atoms with E-state index in [-0.39, 0.29) is 18.9 Å². The highest BCUT2D eigenvalue weighted by molar-refractivity contribution is 7.40. The van der Waals surface area contributed by atoms with E-state index in [2.05, 4.69) is 5.32 Å². The molecule has 0 aromatic heterocycles. The molecule has 25 heavy (non-hydrogen) atoms. The standard InChI is InChI=1S/C15H19F2N4O3P/c16-10-7-11(17)9-12(8-10)20-3-5-21(6-4-20)13(22)1-2-18-14(23)19-15(24)25/h7-9H,1-6,25H2,(H2,18,19,23,24). The van der Waals surface area contributed by atoms with Crippen LogP contribution in [0.3, 0.4) is 0 Å². The lowest BCUT2D eigenvalue weighted by Gasteiger charge is -2.36. The highest BCUT2D eigenvalue weighted by Crippen LogP contribution is 2.19. The van der Waals surface area contributed by atoms with Crippen LogP contribution in [0.25, 0.3) is 0 Å². The molecule has 1 heterocycles. The Morgan fingerprint density at radius 2 is 1.64 bits per heavy atom. The van der Waals surface area contributed by atoms with E-state index in [4.69, 9.17) is 0 Å². The molecule has 1 aliphatic heterocycles. The van der Waals surface area contributed by atoms with Gasteiger partial charge in [0.25, 0.3) is 0 Å². The lowest BCUT2D eigenvalue weighted by Crippen LogP contribution is -2.49. The molecule has 1 saturated heterocycles. The SMILES string of the molecule is O=C(P)NC(=O)NCCC(=O)N1CCN(c2cc(F)cc(F)c2)CC1. The molecule has 0 radical (unpaired) electrons. The van der Waals surface area contributed by atoms with Crippen LogP contribution in [0.4, 0.5) is 24.1 Å². The quantitative estimate of drug-likeness (QED) is 0.781. The van der Waals surface area contributed by atoms with Crippen molar-refractivity contribution < 1.29 is 23.2 Å². The molecule has 2 N–H and O–H groups in total. The van der Waals surface area contributed by atoms with Gasteiger partial charge in [0.1, 0.15) is 11.6 Å². The Labute approximate surface area is 145 Å². The second-order valence-corrected chi connectivity index (χ2v) is 6.02. The van der Waals surface area contributed by atoms with Crippen LogP contribution in [-0.2, 0) is 4.79 Å². The Morgan fingerprint density at radius 1 is 1.04 bits per heavy atom. The smallest absolute Gasteiger partial charge is 0.321 e. The van der Waals surface area contributed by atoms with E-state index in [9.17, 15) is 23.2 Å². The Kier molecular flexibility index (Phi) is 6.64. The lowest BCUT2D eigenvalue weighted by atomic mass is 10.2. The number of hydrogen-bond donors (Lipinski definition) is 2.